The highest BCUT2D eigenvalue weighted by atomic mass is 35.5. The molecule has 158 valence electrons. The number of carbonyl (C=O) groups excluding carboxylic acids is 2. The number of carbonyl (C=O) groups is 2. The lowest BCUT2D eigenvalue weighted by molar-refractivity contribution is 0.0746. The molecule has 30 heavy (non-hydrogen) atoms. The molecule has 0 radical (unpaired) electrons. The van der Waals surface area contributed by atoms with E-state index in [4.69, 9.17) is 23.2 Å². The van der Waals surface area contributed by atoms with Crippen molar-refractivity contribution in [2.75, 3.05) is 37.6 Å². The summed E-state index contributed by atoms with van der Waals surface area (Å²) >= 11 is 12.2. The van der Waals surface area contributed by atoms with Crippen molar-refractivity contribution in [2.45, 2.75) is 19.3 Å². The maximum absolute atomic E-state index is 12.8. The third-order valence-electron chi connectivity index (χ3n) is 5.47. The average Bonchev–Trinajstić information content (AvgIpc) is 3.59. The number of amides is 2. The number of benzene rings is 1. The normalized spacial score (nSPS) is 16.5. The van der Waals surface area contributed by atoms with E-state index in [1.54, 1.807) is 35.2 Å². The molecule has 0 bridgehead atoms. The van der Waals surface area contributed by atoms with E-state index in [2.05, 4.69) is 15.5 Å². The lowest BCUT2D eigenvalue weighted by Crippen LogP contribution is -2.49. The van der Waals surface area contributed by atoms with E-state index in [-0.39, 0.29) is 11.8 Å². The highest BCUT2D eigenvalue weighted by Gasteiger charge is 2.25. The second kappa shape index (κ2) is 9.18. The Morgan fingerprint density at radius 3 is 2.47 bits per heavy atom. The lowest BCUT2D eigenvalue weighted by atomic mass is 10.1. The number of hydrogen-bond acceptors (Lipinski definition) is 5. The summed E-state index contributed by atoms with van der Waals surface area (Å²) < 4.78 is 0. The van der Waals surface area contributed by atoms with Crippen molar-refractivity contribution in [1.29, 1.82) is 0 Å². The summed E-state index contributed by atoms with van der Waals surface area (Å²) in [6.07, 6.45) is 3.57. The van der Waals surface area contributed by atoms with Gasteiger partial charge in [-0.25, -0.2) is 0 Å². The topological polar surface area (TPSA) is 78.4 Å². The minimum absolute atomic E-state index is 0.133. The first kappa shape index (κ1) is 20.9. The Morgan fingerprint density at radius 1 is 1.03 bits per heavy atom. The third kappa shape index (κ3) is 5.02. The SMILES string of the molecule is O=C(NCCC1CC1)c1ccc(N2CCN(C(=O)c3cc(Cl)ccc3Cl)CC2)nn1. The Labute approximate surface area is 185 Å². The van der Waals surface area contributed by atoms with Gasteiger partial charge in [-0.15, -0.1) is 10.2 Å². The Kier molecular flexibility index (Phi) is 6.39. The average molecular weight is 448 g/mol. The fourth-order valence-electron chi connectivity index (χ4n) is 3.47. The second-order valence-corrected chi connectivity index (χ2v) is 8.51. The molecule has 1 aliphatic heterocycles. The van der Waals surface area contributed by atoms with Crippen LogP contribution < -0.4 is 10.2 Å². The smallest absolute Gasteiger partial charge is 0.271 e. The van der Waals surface area contributed by atoms with Gasteiger partial charge >= 0.3 is 0 Å². The van der Waals surface area contributed by atoms with Crippen LogP contribution >= 0.6 is 23.2 Å². The van der Waals surface area contributed by atoms with Crippen molar-refractivity contribution >= 4 is 40.8 Å². The maximum Gasteiger partial charge on any atom is 0.271 e. The fourth-order valence-corrected chi connectivity index (χ4v) is 3.84. The molecule has 1 saturated carbocycles. The van der Waals surface area contributed by atoms with Gasteiger partial charge in [0.15, 0.2) is 11.5 Å². The number of rotatable bonds is 6. The largest absolute Gasteiger partial charge is 0.352 e. The molecule has 1 saturated heterocycles. The molecule has 0 atom stereocenters. The molecule has 2 aromatic rings. The van der Waals surface area contributed by atoms with Gasteiger partial charge in [0.1, 0.15) is 0 Å². The Balaban J connectivity index is 1.30. The zero-order valence-electron chi connectivity index (χ0n) is 16.5. The monoisotopic (exact) mass is 447 g/mol. The van der Waals surface area contributed by atoms with Gasteiger partial charge in [0.25, 0.3) is 11.8 Å². The lowest BCUT2D eigenvalue weighted by Gasteiger charge is -2.35. The van der Waals surface area contributed by atoms with Gasteiger partial charge in [0.05, 0.1) is 10.6 Å². The molecular formula is C21H23Cl2N5O2. The standard InChI is InChI=1S/C21H23Cl2N5O2/c22-15-3-4-17(23)16(13-15)21(30)28-11-9-27(10-12-28)19-6-5-18(25-26-19)20(29)24-8-7-14-1-2-14/h3-6,13-14H,1-2,7-12H2,(H,24,29). The first-order valence-electron chi connectivity index (χ1n) is 10.1. The molecule has 7 nitrogen and oxygen atoms in total. The quantitative estimate of drug-likeness (QED) is 0.734. The van der Waals surface area contributed by atoms with Crippen LogP contribution in [-0.4, -0.2) is 59.6 Å². The second-order valence-electron chi connectivity index (χ2n) is 7.67. The highest BCUT2D eigenvalue weighted by Crippen LogP contribution is 2.31. The van der Waals surface area contributed by atoms with Crippen molar-refractivity contribution in [3.05, 3.63) is 51.6 Å². The Hall–Kier alpha value is -2.38. The molecule has 2 fully saturated rings. The van der Waals surface area contributed by atoms with Gasteiger partial charge in [0, 0.05) is 37.7 Å². The van der Waals surface area contributed by atoms with Crippen LogP contribution in [-0.2, 0) is 0 Å². The van der Waals surface area contributed by atoms with Crippen LogP contribution in [0.4, 0.5) is 5.82 Å². The molecule has 2 amide bonds. The summed E-state index contributed by atoms with van der Waals surface area (Å²) in [6.45, 7) is 2.98. The van der Waals surface area contributed by atoms with Crippen LogP contribution in [0.5, 0.6) is 0 Å². The van der Waals surface area contributed by atoms with E-state index in [9.17, 15) is 9.59 Å². The predicted molar refractivity (Wildman–Crippen MR) is 116 cm³/mol. The number of anilines is 1. The third-order valence-corrected chi connectivity index (χ3v) is 6.03. The highest BCUT2D eigenvalue weighted by molar-refractivity contribution is 6.35. The van der Waals surface area contributed by atoms with E-state index in [1.807, 2.05) is 4.90 Å². The van der Waals surface area contributed by atoms with Crippen LogP contribution in [0.15, 0.2) is 30.3 Å². The summed E-state index contributed by atoms with van der Waals surface area (Å²) in [6, 6.07) is 8.38. The molecule has 2 heterocycles. The Morgan fingerprint density at radius 2 is 1.80 bits per heavy atom. The molecule has 1 aromatic heterocycles. The van der Waals surface area contributed by atoms with Crippen LogP contribution in [0.3, 0.4) is 0 Å². The number of nitrogens with zero attached hydrogens (tertiary/aromatic N) is 4. The van der Waals surface area contributed by atoms with Crippen LogP contribution in [0.1, 0.15) is 40.1 Å². The van der Waals surface area contributed by atoms with Gasteiger partial charge in [-0.05, 0) is 42.7 Å². The summed E-state index contributed by atoms with van der Waals surface area (Å²) in [4.78, 5) is 28.7. The number of piperazine rings is 1. The van der Waals surface area contributed by atoms with Crippen molar-refractivity contribution in [2.24, 2.45) is 5.92 Å². The first-order chi connectivity index (χ1) is 14.5. The molecule has 1 aliphatic carbocycles. The van der Waals surface area contributed by atoms with Crippen molar-refractivity contribution in [3.8, 4) is 0 Å². The molecule has 0 unspecified atom stereocenters. The predicted octanol–water partition coefficient (Wildman–Crippen LogP) is 3.28. The minimum atomic E-state index is -0.191. The Bertz CT molecular complexity index is 925. The molecule has 1 N–H and O–H groups in total. The molecule has 9 heteroatoms. The molecule has 2 aliphatic rings. The fraction of sp³-hybridized carbons (Fsp3) is 0.429. The van der Waals surface area contributed by atoms with Gasteiger partial charge in [0.2, 0.25) is 0 Å². The van der Waals surface area contributed by atoms with Crippen LogP contribution in [0.2, 0.25) is 10.0 Å². The number of halogens is 2. The van der Waals surface area contributed by atoms with E-state index in [1.165, 1.54) is 12.8 Å². The number of nitrogens with one attached hydrogen (secondary N) is 1. The molecule has 4 rings (SSSR count). The van der Waals surface area contributed by atoms with E-state index in [0.717, 1.165) is 12.3 Å². The van der Waals surface area contributed by atoms with E-state index >= 15 is 0 Å². The summed E-state index contributed by atoms with van der Waals surface area (Å²) in [7, 11) is 0. The van der Waals surface area contributed by atoms with Crippen molar-refractivity contribution in [1.82, 2.24) is 20.4 Å². The zero-order valence-corrected chi connectivity index (χ0v) is 18.0. The first-order valence-corrected chi connectivity index (χ1v) is 10.9. The van der Waals surface area contributed by atoms with Crippen LogP contribution in [0, 0.1) is 5.92 Å². The zero-order chi connectivity index (χ0) is 21.1. The summed E-state index contributed by atoms with van der Waals surface area (Å²) in [5, 5.41) is 12.0. The summed E-state index contributed by atoms with van der Waals surface area (Å²) in [5.74, 6) is 1.14. The molecule has 1 aromatic carbocycles. The summed E-state index contributed by atoms with van der Waals surface area (Å²) in [5.41, 5.74) is 0.730. The van der Waals surface area contributed by atoms with Gasteiger partial charge in [-0.2, -0.15) is 0 Å². The van der Waals surface area contributed by atoms with Gasteiger partial charge < -0.3 is 15.1 Å². The molecule has 0 spiro atoms. The van der Waals surface area contributed by atoms with E-state index < -0.39 is 0 Å². The molecular weight excluding hydrogens is 425 g/mol. The maximum atomic E-state index is 12.8. The van der Waals surface area contributed by atoms with Crippen molar-refractivity contribution < 1.29 is 9.59 Å². The minimum Gasteiger partial charge on any atom is -0.352 e. The van der Waals surface area contributed by atoms with Crippen LogP contribution in [0.25, 0.3) is 0 Å². The van der Waals surface area contributed by atoms with E-state index in [0.29, 0.717) is 59.8 Å². The van der Waals surface area contributed by atoms with Gasteiger partial charge in [-0.1, -0.05) is 36.0 Å². The number of hydrogen-bond donors (Lipinski definition) is 1. The van der Waals surface area contributed by atoms with Gasteiger partial charge in [-0.3, -0.25) is 9.59 Å². The number of aromatic nitrogens is 2. The van der Waals surface area contributed by atoms with Crippen molar-refractivity contribution in [3.63, 3.8) is 0 Å².